The van der Waals surface area contributed by atoms with Gasteiger partial charge in [0, 0.05) is 42.5 Å². The maximum atomic E-state index is 13.0. The molecule has 0 unspecified atom stereocenters. The van der Waals surface area contributed by atoms with Crippen LogP contribution >= 0.6 is 0 Å². The molecule has 1 aliphatic rings. The number of pyridine rings is 1. The van der Waals surface area contributed by atoms with Crippen LogP contribution in [0.15, 0.2) is 18.6 Å². The zero-order chi connectivity index (χ0) is 20.5. The number of likely N-dealkylation sites (tertiary alicyclic amines) is 1. The van der Waals surface area contributed by atoms with E-state index >= 15 is 0 Å². The van der Waals surface area contributed by atoms with Crippen molar-refractivity contribution in [2.75, 3.05) is 13.1 Å². The summed E-state index contributed by atoms with van der Waals surface area (Å²) in [6.07, 6.45) is 6.13. The Morgan fingerprint density at radius 2 is 2.10 bits per heavy atom. The average molecular weight is 396 g/mol. The van der Waals surface area contributed by atoms with Crippen LogP contribution in [-0.2, 0) is 6.42 Å². The summed E-state index contributed by atoms with van der Waals surface area (Å²) in [6, 6.07) is 2.81. The number of fused-ring (bicyclic) bond motifs is 1. The molecule has 8 heteroatoms. The SMILES string of the molecule is CCc1c(-c2cc(C)c3ncnn3c2)n[nH]c1C(=O)NC1CCN(C(C)C)CC1. The number of aromatic amines is 1. The van der Waals surface area contributed by atoms with Crippen molar-refractivity contribution in [2.45, 2.75) is 59.0 Å². The summed E-state index contributed by atoms with van der Waals surface area (Å²) >= 11 is 0. The average Bonchev–Trinajstić information content (AvgIpc) is 3.35. The first-order valence-corrected chi connectivity index (χ1v) is 10.4. The number of amides is 1. The molecule has 3 aromatic heterocycles. The second-order valence-corrected chi connectivity index (χ2v) is 8.10. The van der Waals surface area contributed by atoms with Crippen molar-refractivity contribution < 1.29 is 4.79 Å². The van der Waals surface area contributed by atoms with Crippen LogP contribution in [-0.4, -0.2) is 60.8 Å². The molecule has 0 aliphatic carbocycles. The van der Waals surface area contributed by atoms with Gasteiger partial charge in [0.15, 0.2) is 5.65 Å². The van der Waals surface area contributed by atoms with E-state index in [0.29, 0.717) is 11.7 Å². The van der Waals surface area contributed by atoms with Crippen molar-refractivity contribution in [3.05, 3.63) is 35.4 Å². The van der Waals surface area contributed by atoms with Gasteiger partial charge in [-0.15, -0.1) is 0 Å². The monoisotopic (exact) mass is 395 g/mol. The zero-order valence-electron chi connectivity index (χ0n) is 17.6. The lowest BCUT2D eigenvalue weighted by Crippen LogP contribution is -2.46. The van der Waals surface area contributed by atoms with Crippen LogP contribution < -0.4 is 5.32 Å². The summed E-state index contributed by atoms with van der Waals surface area (Å²) in [5, 5.41) is 14.9. The summed E-state index contributed by atoms with van der Waals surface area (Å²) in [7, 11) is 0. The van der Waals surface area contributed by atoms with Crippen molar-refractivity contribution in [3.8, 4) is 11.3 Å². The first-order valence-electron chi connectivity index (χ1n) is 10.4. The molecule has 29 heavy (non-hydrogen) atoms. The molecule has 0 aromatic carbocycles. The maximum absolute atomic E-state index is 13.0. The van der Waals surface area contributed by atoms with Gasteiger partial charge < -0.3 is 10.2 Å². The molecule has 2 N–H and O–H groups in total. The van der Waals surface area contributed by atoms with Crippen LogP contribution in [0, 0.1) is 6.92 Å². The predicted molar refractivity (Wildman–Crippen MR) is 112 cm³/mol. The Balaban J connectivity index is 1.54. The number of piperidine rings is 1. The lowest BCUT2D eigenvalue weighted by atomic mass is 10.0. The fourth-order valence-corrected chi connectivity index (χ4v) is 4.18. The Labute approximate surface area is 170 Å². The number of hydrogen-bond acceptors (Lipinski definition) is 5. The van der Waals surface area contributed by atoms with Gasteiger partial charge in [0.1, 0.15) is 12.0 Å². The molecular formula is C21H29N7O. The summed E-state index contributed by atoms with van der Waals surface area (Å²) < 4.78 is 1.75. The third kappa shape index (κ3) is 3.76. The first kappa shape index (κ1) is 19.6. The molecule has 1 amide bonds. The summed E-state index contributed by atoms with van der Waals surface area (Å²) in [5.41, 5.74) is 5.07. The maximum Gasteiger partial charge on any atom is 0.269 e. The number of nitrogens with zero attached hydrogens (tertiary/aromatic N) is 5. The minimum atomic E-state index is -0.0675. The van der Waals surface area contributed by atoms with E-state index in [1.807, 2.05) is 26.1 Å². The lowest BCUT2D eigenvalue weighted by Gasteiger charge is -2.34. The van der Waals surface area contributed by atoms with Gasteiger partial charge in [0.25, 0.3) is 5.91 Å². The molecule has 0 spiro atoms. The molecule has 3 aromatic rings. The predicted octanol–water partition coefficient (Wildman–Crippen LogP) is 2.59. The molecule has 154 valence electrons. The van der Waals surface area contributed by atoms with E-state index in [1.54, 1.807) is 10.8 Å². The summed E-state index contributed by atoms with van der Waals surface area (Å²) in [5.74, 6) is -0.0675. The Bertz CT molecular complexity index is 1010. The zero-order valence-corrected chi connectivity index (χ0v) is 17.6. The van der Waals surface area contributed by atoms with Gasteiger partial charge in [-0.1, -0.05) is 6.92 Å². The molecule has 0 saturated carbocycles. The van der Waals surface area contributed by atoms with E-state index in [1.165, 1.54) is 0 Å². The number of aromatic nitrogens is 5. The molecule has 1 fully saturated rings. The van der Waals surface area contributed by atoms with Crippen molar-refractivity contribution >= 4 is 11.6 Å². The molecule has 4 heterocycles. The molecule has 8 nitrogen and oxygen atoms in total. The van der Waals surface area contributed by atoms with E-state index in [2.05, 4.69) is 44.3 Å². The van der Waals surface area contributed by atoms with Crippen molar-refractivity contribution in [3.63, 3.8) is 0 Å². The largest absolute Gasteiger partial charge is 0.348 e. The van der Waals surface area contributed by atoms with Crippen molar-refractivity contribution in [1.29, 1.82) is 0 Å². The van der Waals surface area contributed by atoms with E-state index in [9.17, 15) is 4.79 Å². The third-order valence-corrected chi connectivity index (χ3v) is 5.88. The Kier molecular flexibility index (Phi) is 5.36. The Morgan fingerprint density at radius 3 is 2.79 bits per heavy atom. The number of hydrogen-bond donors (Lipinski definition) is 2. The molecule has 4 rings (SSSR count). The van der Waals surface area contributed by atoms with Gasteiger partial charge in [-0.05, 0) is 51.7 Å². The summed E-state index contributed by atoms with van der Waals surface area (Å²) in [6.45, 7) is 10.5. The Morgan fingerprint density at radius 1 is 1.34 bits per heavy atom. The molecule has 0 radical (unpaired) electrons. The van der Waals surface area contributed by atoms with E-state index in [-0.39, 0.29) is 11.9 Å². The highest BCUT2D eigenvalue weighted by atomic mass is 16.2. The van der Waals surface area contributed by atoms with Crippen molar-refractivity contribution in [2.24, 2.45) is 0 Å². The van der Waals surface area contributed by atoms with Gasteiger partial charge >= 0.3 is 0 Å². The number of aryl methyl sites for hydroxylation is 1. The molecule has 1 saturated heterocycles. The number of nitrogens with one attached hydrogen (secondary N) is 2. The Hall–Kier alpha value is -2.74. The quantitative estimate of drug-likeness (QED) is 0.693. The van der Waals surface area contributed by atoms with Gasteiger partial charge in [-0.25, -0.2) is 9.50 Å². The number of H-pyrrole nitrogens is 1. The van der Waals surface area contributed by atoms with Gasteiger partial charge in [0.2, 0.25) is 0 Å². The molecular weight excluding hydrogens is 366 g/mol. The minimum absolute atomic E-state index is 0.0675. The molecule has 0 bridgehead atoms. The van der Waals surface area contributed by atoms with E-state index in [0.717, 1.165) is 60.4 Å². The van der Waals surface area contributed by atoms with Gasteiger partial charge in [0.05, 0.1) is 5.69 Å². The highest BCUT2D eigenvalue weighted by Crippen LogP contribution is 2.26. The molecule has 1 aliphatic heterocycles. The molecule has 0 atom stereocenters. The van der Waals surface area contributed by atoms with Crippen LogP contribution in [0.4, 0.5) is 0 Å². The minimum Gasteiger partial charge on any atom is -0.348 e. The van der Waals surface area contributed by atoms with Gasteiger partial charge in [-0.3, -0.25) is 9.89 Å². The van der Waals surface area contributed by atoms with Crippen LogP contribution in [0.3, 0.4) is 0 Å². The first-order chi connectivity index (χ1) is 14.0. The third-order valence-electron chi connectivity index (χ3n) is 5.88. The highest BCUT2D eigenvalue weighted by molar-refractivity contribution is 5.95. The number of carbonyl (C=O) groups excluding carboxylic acids is 1. The number of rotatable bonds is 5. The van der Waals surface area contributed by atoms with E-state index < -0.39 is 0 Å². The normalized spacial score (nSPS) is 16.0. The number of carbonyl (C=O) groups is 1. The second-order valence-electron chi connectivity index (χ2n) is 8.10. The topological polar surface area (TPSA) is 91.2 Å². The van der Waals surface area contributed by atoms with Crippen molar-refractivity contribution in [1.82, 2.24) is 35.0 Å². The fraction of sp³-hybridized carbons (Fsp3) is 0.524. The van der Waals surface area contributed by atoms with Crippen LogP contribution in [0.1, 0.15) is 55.2 Å². The van der Waals surface area contributed by atoms with Gasteiger partial charge in [-0.2, -0.15) is 10.2 Å². The highest BCUT2D eigenvalue weighted by Gasteiger charge is 2.25. The van der Waals surface area contributed by atoms with Crippen LogP contribution in [0.5, 0.6) is 0 Å². The van der Waals surface area contributed by atoms with Crippen LogP contribution in [0.25, 0.3) is 16.9 Å². The van der Waals surface area contributed by atoms with E-state index in [4.69, 9.17) is 0 Å². The lowest BCUT2D eigenvalue weighted by molar-refractivity contribution is 0.0894. The fourth-order valence-electron chi connectivity index (χ4n) is 4.18. The standard InChI is InChI=1S/C21H29N7O/c1-5-17-18(15-10-14(4)20-22-12-23-28(20)11-15)25-26-19(17)21(29)24-16-6-8-27(9-7-16)13(2)3/h10-13,16H,5-9H2,1-4H3,(H,24,29)(H,25,26). The van der Waals surface area contributed by atoms with Crippen LogP contribution in [0.2, 0.25) is 0 Å². The summed E-state index contributed by atoms with van der Waals surface area (Å²) in [4.78, 5) is 19.7. The smallest absolute Gasteiger partial charge is 0.269 e. The second kappa shape index (κ2) is 7.94.